The molecule has 1 saturated heterocycles. The zero-order chi connectivity index (χ0) is 23.7. The van der Waals surface area contributed by atoms with E-state index < -0.39 is 10.0 Å². The van der Waals surface area contributed by atoms with E-state index >= 15 is 0 Å². The fourth-order valence-electron chi connectivity index (χ4n) is 6.53. The fourth-order valence-corrected chi connectivity index (χ4v) is 8.16. The SMILES string of the molecule is Cc1ccc2c(c1)C1(CCC3(CC3)CC1)CN2C(=O)c1cccc(S(=O)(=O)N2CCC(C)C2)c1. The van der Waals surface area contributed by atoms with E-state index in [0.29, 0.717) is 36.5 Å². The molecule has 34 heavy (non-hydrogen) atoms. The molecule has 2 heterocycles. The van der Waals surface area contributed by atoms with Crippen LogP contribution >= 0.6 is 0 Å². The Bertz CT molecular complexity index is 1250. The third-order valence-electron chi connectivity index (χ3n) is 9.05. The molecule has 4 aliphatic rings. The summed E-state index contributed by atoms with van der Waals surface area (Å²) in [5.41, 5.74) is 4.61. The van der Waals surface area contributed by atoms with Crippen LogP contribution in [0, 0.1) is 18.3 Å². The maximum absolute atomic E-state index is 13.8. The highest BCUT2D eigenvalue weighted by Gasteiger charge is 2.53. The summed E-state index contributed by atoms with van der Waals surface area (Å²) in [6.07, 6.45) is 8.39. The molecular weight excluding hydrogens is 444 g/mol. The molecule has 0 aromatic heterocycles. The fraction of sp³-hybridized carbons (Fsp3) is 0.536. The first-order valence-corrected chi connectivity index (χ1v) is 14.2. The number of hydrogen-bond acceptors (Lipinski definition) is 3. The zero-order valence-corrected chi connectivity index (χ0v) is 21.0. The molecular formula is C28H34N2O3S. The molecule has 2 aliphatic carbocycles. The Hall–Kier alpha value is -2.18. The van der Waals surface area contributed by atoms with Gasteiger partial charge >= 0.3 is 0 Å². The molecule has 2 aromatic rings. The summed E-state index contributed by atoms with van der Waals surface area (Å²) < 4.78 is 28.0. The highest BCUT2D eigenvalue weighted by atomic mass is 32.2. The second-order valence-corrected chi connectivity index (χ2v) is 13.4. The average Bonchev–Trinajstić information content (AvgIpc) is 3.32. The lowest BCUT2D eigenvalue weighted by Gasteiger charge is -2.38. The third-order valence-corrected chi connectivity index (χ3v) is 10.9. The molecule has 2 saturated carbocycles. The van der Waals surface area contributed by atoms with Crippen LogP contribution in [0.5, 0.6) is 0 Å². The van der Waals surface area contributed by atoms with Crippen molar-refractivity contribution in [3.63, 3.8) is 0 Å². The predicted octanol–water partition coefficient (Wildman–Crippen LogP) is 5.28. The van der Waals surface area contributed by atoms with Crippen LogP contribution in [0.2, 0.25) is 0 Å². The minimum atomic E-state index is -3.59. The van der Waals surface area contributed by atoms with Crippen LogP contribution in [0.15, 0.2) is 47.4 Å². The predicted molar refractivity (Wildman–Crippen MR) is 134 cm³/mol. The van der Waals surface area contributed by atoms with E-state index in [9.17, 15) is 13.2 Å². The number of anilines is 1. The van der Waals surface area contributed by atoms with Gasteiger partial charge in [-0.05, 0) is 93.0 Å². The van der Waals surface area contributed by atoms with Crippen molar-refractivity contribution in [1.29, 1.82) is 0 Å². The molecule has 0 bridgehead atoms. The number of rotatable bonds is 3. The standard InChI is InChI=1S/C28H34N2O3S/c1-20-6-7-25-24(16-20)28(13-11-27(9-10-27)12-14-28)19-30(25)26(31)22-4-3-5-23(17-22)34(32,33)29-15-8-21(2)18-29/h3-7,16-17,21H,8-15,18-19H2,1-2H3. The van der Waals surface area contributed by atoms with Gasteiger partial charge in [-0.1, -0.05) is 30.7 Å². The van der Waals surface area contributed by atoms with E-state index in [1.54, 1.807) is 28.6 Å². The van der Waals surface area contributed by atoms with E-state index in [1.807, 2.05) is 4.90 Å². The minimum absolute atomic E-state index is 0.0280. The molecule has 0 N–H and O–H groups in total. The number of aryl methyl sites for hydroxylation is 1. The number of amides is 1. The van der Waals surface area contributed by atoms with Crippen molar-refractivity contribution in [2.24, 2.45) is 11.3 Å². The van der Waals surface area contributed by atoms with Crippen LogP contribution < -0.4 is 4.90 Å². The highest BCUT2D eigenvalue weighted by molar-refractivity contribution is 7.89. The van der Waals surface area contributed by atoms with Gasteiger partial charge in [0.2, 0.25) is 10.0 Å². The van der Waals surface area contributed by atoms with Crippen molar-refractivity contribution in [3.8, 4) is 0 Å². The number of sulfonamides is 1. The summed E-state index contributed by atoms with van der Waals surface area (Å²) in [6, 6.07) is 13.1. The van der Waals surface area contributed by atoms with E-state index in [0.717, 1.165) is 24.9 Å². The zero-order valence-electron chi connectivity index (χ0n) is 20.2. The van der Waals surface area contributed by atoms with Crippen molar-refractivity contribution in [3.05, 3.63) is 59.2 Å². The molecule has 2 spiro atoms. The third kappa shape index (κ3) is 3.53. The monoisotopic (exact) mass is 478 g/mol. The van der Waals surface area contributed by atoms with Gasteiger partial charge in [-0.2, -0.15) is 4.31 Å². The van der Waals surface area contributed by atoms with Crippen molar-refractivity contribution >= 4 is 21.6 Å². The Morgan fingerprint density at radius 1 is 1.00 bits per heavy atom. The van der Waals surface area contributed by atoms with Gasteiger partial charge in [0.15, 0.2) is 0 Å². The smallest absolute Gasteiger partial charge is 0.258 e. The van der Waals surface area contributed by atoms with Gasteiger partial charge in [-0.3, -0.25) is 4.79 Å². The maximum Gasteiger partial charge on any atom is 0.258 e. The van der Waals surface area contributed by atoms with Crippen LogP contribution in [0.25, 0.3) is 0 Å². The van der Waals surface area contributed by atoms with Gasteiger partial charge in [-0.15, -0.1) is 0 Å². The average molecular weight is 479 g/mol. The Kier molecular flexibility index (Phi) is 5.02. The van der Waals surface area contributed by atoms with Crippen molar-refractivity contribution < 1.29 is 13.2 Å². The number of hydrogen-bond donors (Lipinski definition) is 0. The van der Waals surface area contributed by atoms with Crippen LogP contribution in [-0.2, 0) is 15.4 Å². The lowest BCUT2D eigenvalue weighted by molar-refractivity contribution is 0.0980. The van der Waals surface area contributed by atoms with Gasteiger partial charge < -0.3 is 4.90 Å². The first-order chi connectivity index (χ1) is 16.2. The molecule has 1 atom stereocenters. The topological polar surface area (TPSA) is 57.7 Å². The summed E-state index contributed by atoms with van der Waals surface area (Å²) in [4.78, 5) is 16.0. The van der Waals surface area contributed by atoms with Crippen LogP contribution in [0.3, 0.4) is 0 Å². The minimum Gasteiger partial charge on any atom is -0.307 e. The summed E-state index contributed by atoms with van der Waals surface area (Å²) in [7, 11) is -3.59. The Morgan fingerprint density at radius 2 is 1.74 bits per heavy atom. The van der Waals surface area contributed by atoms with E-state index in [4.69, 9.17) is 0 Å². The molecule has 3 fully saturated rings. The van der Waals surface area contributed by atoms with Crippen molar-refractivity contribution in [2.45, 2.75) is 69.1 Å². The molecule has 6 heteroatoms. The van der Waals surface area contributed by atoms with E-state index in [2.05, 4.69) is 32.0 Å². The first kappa shape index (κ1) is 22.3. The quantitative estimate of drug-likeness (QED) is 0.603. The molecule has 1 amide bonds. The Balaban J connectivity index is 1.32. The lowest BCUT2D eigenvalue weighted by atomic mass is 9.66. The van der Waals surface area contributed by atoms with E-state index in [-0.39, 0.29) is 16.2 Å². The van der Waals surface area contributed by atoms with Crippen LogP contribution in [-0.4, -0.2) is 38.3 Å². The van der Waals surface area contributed by atoms with Crippen molar-refractivity contribution in [2.75, 3.05) is 24.5 Å². The summed E-state index contributed by atoms with van der Waals surface area (Å²) in [5.74, 6) is 0.270. The molecule has 180 valence electrons. The van der Waals surface area contributed by atoms with Gasteiger partial charge in [0, 0.05) is 36.3 Å². The first-order valence-electron chi connectivity index (χ1n) is 12.7. The summed E-state index contributed by atoms with van der Waals surface area (Å²) in [6.45, 7) is 5.99. The van der Waals surface area contributed by atoms with Crippen LogP contribution in [0.4, 0.5) is 5.69 Å². The number of carbonyl (C=O) groups is 1. The number of carbonyl (C=O) groups excluding carboxylic acids is 1. The molecule has 6 rings (SSSR count). The molecule has 5 nitrogen and oxygen atoms in total. The summed E-state index contributed by atoms with van der Waals surface area (Å²) >= 11 is 0. The largest absolute Gasteiger partial charge is 0.307 e. The van der Waals surface area contributed by atoms with Crippen molar-refractivity contribution in [1.82, 2.24) is 4.31 Å². The molecule has 2 aromatic carbocycles. The normalized spacial score (nSPS) is 25.1. The highest BCUT2D eigenvalue weighted by Crippen LogP contribution is 2.62. The van der Waals surface area contributed by atoms with Gasteiger partial charge in [0.25, 0.3) is 5.91 Å². The lowest BCUT2D eigenvalue weighted by Crippen LogP contribution is -2.40. The molecule has 2 aliphatic heterocycles. The van der Waals surface area contributed by atoms with Gasteiger partial charge in [0.1, 0.15) is 0 Å². The number of benzene rings is 2. The maximum atomic E-state index is 13.8. The van der Waals surface area contributed by atoms with Crippen LogP contribution in [0.1, 0.15) is 73.4 Å². The summed E-state index contributed by atoms with van der Waals surface area (Å²) in [5, 5.41) is 0. The Labute approximate surface area is 203 Å². The Morgan fingerprint density at radius 3 is 2.41 bits per heavy atom. The number of fused-ring (bicyclic) bond motifs is 2. The second-order valence-electron chi connectivity index (χ2n) is 11.5. The number of nitrogens with zero attached hydrogens (tertiary/aromatic N) is 2. The van der Waals surface area contributed by atoms with E-state index in [1.165, 1.54) is 36.8 Å². The molecule has 1 unspecified atom stereocenters. The van der Waals surface area contributed by atoms with Gasteiger partial charge in [0.05, 0.1) is 4.90 Å². The second kappa shape index (κ2) is 7.66. The van der Waals surface area contributed by atoms with Gasteiger partial charge in [-0.25, -0.2) is 8.42 Å². The molecule has 0 radical (unpaired) electrons.